The Bertz CT molecular complexity index is 1060. The fourth-order valence-electron chi connectivity index (χ4n) is 4.42. The van der Waals surface area contributed by atoms with Crippen LogP contribution in [0, 0.1) is 16.7 Å². The lowest BCUT2D eigenvalue weighted by Crippen LogP contribution is -2.48. The number of aromatic nitrogens is 2. The topological polar surface area (TPSA) is 91.1 Å². The highest BCUT2D eigenvalue weighted by molar-refractivity contribution is 6.30. The molecule has 29 heavy (non-hydrogen) atoms. The first-order chi connectivity index (χ1) is 13.9. The van der Waals surface area contributed by atoms with Gasteiger partial charge in [0.1, 0.15) is 0 Å². The molecule has 1 saturated heterocycles. The van der Waals surface area contributed by atoms with Crippen LogP contribution in [-0.4, -0.2) is 46.6 Å². The van der Waals surface area contributed by atoms with Gasteiger partial charge in [0.15, 0.2) is 0 Å². The lowest BCUT2D eigenvalue weighted by atomic mass is 9.88. The number of hydrogen-bond donors (Lipinski definition) is 1. The Kier molecular flexibility index (Phi) is 4.23. The number of carbonyl (C=O) groups excluding carboxylic acids is 1. The van der Waals surface area contributed by atoms with Crippen molar-refractivity contribution in [2.75, 3.05) is 25.1 Å². The highest BCUT2D eigenvalue weighted by Crippen LogP contribution is 2.32. The van der Waals surface area contributed by atoms with Crippen LogP contribution in [0.3, 0.4) is 0 Å². The molecule has 1 amide bonds. The Hall–Kier alpha value is -2.69. The van der Waals surface area contributed by atoms with Crippen LogP contribution in [-0.2, 0) is 24.1 Å². The van der Waals surface area contributed by atoms with Crippen molar-refractivity contribution >= 4 is 23.5 Å². The summed E-state index contributed by atoms with van der Waals surface area (Å²) in [5.41, 5.74) is 4.11. The second-order valence-corrected chi connectivity index (χ2v) is 8.91. The van der Waals surface area contributed by atoms with Crippen LogP contribution < -0.4 is 5.32 Å². The van der Waals surface area contributed by atoms with Crippen molar-refractivity contribution in [2.45, 2.75) is 32.4 Å². The number of fused-ring (bicyclic) bond motifs is 2. The van der Waals surface area contributed by atoms with Gasteiger partial charge in [-0.05, 0) is 36.1 Å². The maximum absolute atomic E-state index is 12.7. The number of carbonyl (C=O) groups is 1. The summed E-state index contributed by atoms with van der Waals surface area (Å²) in [5.74, 6) is 0.500. The summed E-state index contributed by atoms with van der Waals surface area (Å²) in [6.45, 7) is 4.66. The molecule has 1 atom stereocenters. The van der Waals surface area contributed by atoms with Crippen LogP contribution in [0.15, 0.2) is 18.3 Å². The van der Waals surface area contributed by atoms with E-state index in [0.29, 0.717) is 48.4 Å². The van der Waals surface area contributed by atoms with Crippen LogP contribution >= 0.6 is 11.6 Å². The molecule has 148 valence electrons. The second kappa shape index (κ2) is 6.68. The Labute approximate surface area is 173 Å². The van der Waals surface area contributed by atoms with E-state index in [1.54, 1.807) is 12.3 Å². The van der Waals surface area contributed by atoms with Crippen LogP contribution in [0.1, 0.15) is 39.7 Å². The van der Waals surface area contributed by atoms with Crippen LogP contribution in [0.5, 0.6) is 0 Å². The molecule has 5 rings (SSSR count). The first kappa shape index (κ1) is 18.3. The SMILES string of the molecule is CC1(CN2Cc3nc(NC4Cc5cc(Cl)cc(C#N)c5C4)ncc3C2=O)COC1. The van der Waals surface area contributed by atoms with E-state index in [1.807, 2.05) is 11.0 Å². The van der Waals surface area contributed by atoms with Gasteiger partial charge in [-0.2, -0.15) is 5.26 Å². The summed E-state index contributed by atoms with van der Waals surface area (Å²) in [4.78, 5) is 23.5. The molecule has 1 unspecified atom stereocenters. The van der Waals surface area contributed by atoms with Gasteiger partial charge in [-0.3, -0.25) is 4.79 Å². The maximum Gasteiger partial charge on any atom is 0.257 e. The van der Waals surface area contributed by atoms with E-state index in [2.05, 4.69) is 28.3 Å². The number of nitriles is 1. The second-order valence-electron chi connectivity index (χ2n) is 8.47. The lowest BCUT2D eigenvalue weighted by Gasteiger charge is -2.40. The maximum atomic E-state index is 12.7. The number of rotatable bonds is 4. The number of anilines is 1. The Morgan fingerprint density at radius 1 is 1.41 bits per heavy atom. The van der Waals surface area contributed by atoms with E-state index in [0.717, 1.165) is 29.7 Å². The highest BCUT2D eigenvalue weighted by Gasteiger charge is 2.40. The monoisotopic (exact) mass is 409 g/mol. The van der Waals surface area contributed by atoms with Crippen molar-refractivity contribution in [3.8, 4) is 6.07 Å². The van der Waals surface area contributed by atoms with Gasteiger partial charge in [-0.15, -0.1) is 0 Å². The molecule has 2 aromatic rings. The molecule has 3 aliphatic rings. The number of halogens is 1. The molecule has 1 aromatic heterocycles. The third-order valence-electron chi connectivity index (χ3n) is 5.88. The standard InChI is InChI=1S/C21H20ClN5O2/c1-21(10-29-11-21)9-27-8-18-17(19(27)28)7-24-20(26-18)25-15-4-12-2-14(22)3-13(6-23)16(12)5-15/h2-3,7,15H,4-5,8-11H2,1H3,(H,24,25,26). The summed E-state index contributed by atoms with van der Waals surface area (Å²) in [6, 6.07) is 5.95. The van der Waals surface area contributed by atoms with E-state index >= 15 is 0 Å². The third-order valence-corrected chi connectivity index (χ3v) is 6.10. The van der Waals surface area contributed by atoms with Crippen molar-refractivity contribution in [2.24, 2.45) is 5.41 Å². The van der Waals surface area contributed by atoms with E-state index < -0.39 is 0 Å². The molecule has 1 fully saturated rings. The summed E-state index contributed by atoms with van der Waals surface area (Å²) in [5, 5.41) is 13.3. The minimum absolute atomic E-state index is 0.0127. The number of hydrogen-bond acceptors (Lipinski definition) is 6. The first-order valence-corrected chi connectivity index (χ1v) is 10.0. The van der Waals surface area contributed by atoms with Crippen molar-refractivity contribution in [1.82, 2.24) is 14.9 Å². The van der Waals surface area contributed by atoms with Crippen LogP contribution in [0.2, 0.25) is 5.02 Å². The van der Waals surface area contributed by atoms with Gasteiger partial charge in [-0.1, -0.05) is 18.5 Å². The summed E-state index contributed by atoms with van der Waals surface area (Å²) in [7, 11) is 0. The molecule has 0 radical (unpaired) electrons. The normalized spacial score (nSPS) is 21.3. The van der Waals surface area contributed by atoms with Gasteiger partial charge in [0, 0.05) is 29.2 Å². The lowest BCUT2D eigenvalue weighted by molar-refractivity contribution is -0.111. The molecular formula is C21H20ClN5O2. The minimum Gasteiger partial charge on any atom is -0.380 e. The predicted octanol–water partition coefficient (Wildman–Crippen LogP) is 2.57. The molecule has 1 N–H and O–H groups in total. The largest absolute Gasteiger partial charge is 0.380 e. The molecular weight excluding hydrogens is 390 g/mol. The summed E-state index contributed by atoms with van der Waals surface area (Å²) < 4.78 is 5.30. The van der Waals surface area contributed by atoms with Crippen molar-refractivity contribution in [1.29, 1.82) is 5.26 Å². The molecule has 8 heteroatoms. The molecule has 1 aromatic carbocycles. The average Bonchev–Trinajstić information content (AvgIpc) is 3.20. The van der Waals surface area contributed by atoms with E-state index in [-0.39, 0.29) is 17.4 Å². The van der Waals surface area contributed by atoms with E-state index in [4.69, 9.17) is 16.3 Å². The number of ether oxygens (including phenoxy) is 1. The smallest absolute Gasteiger partial charge is 0.257 e. The summed E-state index contributed by atoms with van der Waals surface area (Å²) in [6.07, 6.45) is 3.10. The van der Waals surface area contributed by atoms with Crippen LogP contribution in [0.25, 0.3) is 0 Å². The number of nitrogens with zero attached hydrogens (tertiary/aromatic N) is 4. The van der Waals surface area contributed by atoms with Gasteiger partial charge >= 0.3 is 0 Å². The average molecular weight is 410 g/mol. The van der Waals surface area contributed by atoms with Crippen molar-refractivity contribution < 1.29 is 9.53 Å². The molecule has 3 heterocycles. The fraction of sp³-hybridized carbons (Fsp3) is 0.429. The van der Waals surface area contributed by atoms with Crippen molar-refractivity contribution in [3.63, 3.8) is 0 Å². The molecule has 7 nitrogen and oxygen atoms in total. The Morgan fingerprint density at radius 3 is 2.97 bits per heavy atom. The molecule has 2 aliphatic heterocycles. The van der Waals surface area contributed by atoms with E-state index in [1.165, 1.54) is 0 Å². The van der Waals surface area contributed by atoms with Crippen LogP contribution in [0.4, 0.5) is 5.95 Å². The van der Waals surface area contributed by atoms with E-state index in [9.17, 15) is 10.1 Å². The van der Waals surface area contributed by atoms with Gasteiger partial charge < -0.3 is 15.0 Å². The highest BCUT2D eigenvalue weighted by atomic mass is 35.5. The first-order valence-electron chi connectivity index (χ1n) is 9.65. The zero-order valence-corrected chi connectivity index (χ0v) is 16.8. The van der Waals surface area contributed by atoms with Gasteiger partial charge in [-0.25, -0.2) is 9.97 Å². The third kappa shape index (κ3) is 3.22. The van der Waals surface area contributed by atoms with Gasteiger partial charge in [0.25, 0.3) is 5.91 Å². The minimum atomic E-state index is -0.0127. The summed E-state index contributed by atoms with van der Waals surface area (Å²) >= 11 is 6.13. The Balaban J connectivity index is 1.30. The van der Waals surface area contributed by atoms with Gasteiger partial charge in [0.2, 0.25) is 5.95 Å². The fourth-order valence-corrected chi connectivity index (χ4v) is 4.66. The molecule has 0 spiro atoms. The quantitative estimate of drug-likeness (QED) is 0.834. The molecule has 1 aliphatic carbocycles. The van der Waals surface area contributed by atoms with Gasteiger partial charge in [0.05, 0.1) is 42.6 Å². The number of benzene rings is 1. The number of amides is 1. The number of nitrogens with one attached hydrogen (secondary N) is 1. The predicted molar refractivity (Wildman–Crippen MR) is 107 cm³/mol. The zero-order valence-electron chi connectivity index (χ0n) is 16.0. The van der Waals surface area contributed by atoms with Crippen molar-refractivity contribution in [3.05, 3.63) is 51.3 Å². The molecule has 0 bridgehead atoms. The molecule has 0 saturated carbocycles. The zero-order chi connectivity index (χ0) is 20.2. The Morgan fingerprint density at radius 2 is 2.24 bits per heavy atom.